The van der Waals surface area contributed by atoms with E-state index in [1.807, 2.05) is 0 Å². The maximum Gasteiger partial charge on any atom is 0.258 e. The Bertz CT molecular complexity index is 90.4. The van der Waals surface area contributed by atoms with Gasteiger partial charge >= 0.3 is 0 Å². The Hall–Kier alpha value is -1.33. The summed E-state index contributed by atoms with van der Waals surface area (Å²) in [6.07, 6.45) is 0. The van der Waals surface area contributed by atoms with Crippen LogP contribution in [0.4, 0.5) is 0 Å². The molecule has 0 aromatic carbocycles. The molecule has 0 atom stereocenters. The van der Waals surface area contributed by atoms with Gasteiger partial charge in [0, 0.05) is 0 Å². The minimum Gasteiger partial charge on any atom is -0.365 e. The second-order valence-corrected chi connectivity index (χ2v) is 0.703. The minimum absolute atomic E-state index is 0.137. The Morgan fingerprint density at radius 2 is 1.86 bits per heavy atom. The summed E-state index contributed by atoms with van der Waals surface area (Å²) in [6, 6.07) is 0. The molecule has 0 radical (unpaired) electrons. The molecule has 0 saturated heterocycles. The van der Waals surface area contributed by atoms with Gasteiger partial charge in [-0.15, -0.1) is 5.10 Å². The quantitative estimate of drug-likeness (QED) is 0.114. The van der Waals surface area contributed by atoms with Crippen LogP contribution in [-0.4, -0.2) is 5.96 Å². The lowest BCUT2D eigenvalue weighted by Crippen LogP contribution is -2.10. The lowest BCUT2D eigenvalue weighted by Gasteiger charge is -1.79. The molecule has 40 valence electrons. The van der Waals surface area contributed by atoms with Gasteiger partial charge in [0.2, 0.25) is 0 Å². The summed E-state index contributed by atoms with van der Waals surface area (Å²) in [5, 5.41) is 8.78. The molecule has 0 aromatic heterocycles. The van der Waals surface area contributed by atoms with Crippen LogP contribution in [0.3, 0.4) is 0 Å². The van der Waals surface area contributed by atoms with E-state index < -0.39 is 0 Å². The Morgan fingerprint density at radius 1 is 1.29 bits per heavy atom. The van der Waals surface area contributed by atoms with E-state index in [9.17, 15) is 0 Å². The van der Waals surface area contributed by atoms with E-state index in [1.165, 1.54) is 0 Å². The van der Waals surface area contributed by atoms with Crippen molar-refractivity contribution in [2.45, 2.75) is 0 Å². The number of nitrogens with zero attached hydrogens (tertiary/aromatic N) is 3. The van der Waals surface area contributed by atoms with E-state index in [2.05, 4.69) is 27.1 Å². The normalized spacial score (nSPS) is 12.9. The first-order valence-electron chi connectivity index (χ1n) is 1.45. The zero-order chi connectivity index (χ0) is 5.70. The first-order chi connectivity index (χ1) is 3.31. The Balaban J connectivity index is 3.58. The summed E-state index contributed by atoms with van der Waals surface area (Å²) in [4.78, 5) is 0. The number of hydrogen-bond donors (Lipinski definition) is 3. The van der Waals surface area contributed by atoms with Gasteiger partial charge in [0.15, 0.2) is 0 Å². The molecule has 0 saturated carbocycles. The predicted octanol–water partition coefficient (Wildman–Crippen LogP) is -1.50. The molecule has 6 heteroatoms. The number of hydrogen-bond acceptors (Lipinski definition) is 3. The van der Waals surface area contributed by atoms with Crippen LogP contribution in [0, 0.1) is 0 Å². The molecule has 6 nitrogen and oxygen atoms in total. The van der Waals surface area contributed by atoms with Crippen molar-refractivity contribution in [1.29, 1.82) is 0 Å². The molecule has 0 aliphatic heterocycles. The highest BCUT2D eigenvalue weighted by Gasteiger charge is 1.76. The third-order valence-corrected chi connectivity index (χ3v) is 0.292. The third-order valence-electron chi connectivity index (χ3n) is 0.292. The van der Waals surface area contributed by atoms with Crippen molar-refractivity contribution >= 4 is 5.96 Å². The fourth-order valence-corrected chi connectivity index (χ4v) is 0.0850. The molecule has 0 spiro atoms. The molecule has 0 aliphatic rings. The van der Waals surface area contributed by atoms with Crippen molar-refractivity contribution in [3.63, 3.8) is 0 Å². The van der Waals surface area contributed by atoms with Crippen LogP contribution in [0.15, 0.2) is 15.4 Å². The van der Waals surface area contributed by atoms with E-state index in [0.29, 0.717) is 0 Å². The topological polar surface area (TPSA) is 115 Å². The fraction of sp³-hybridized carbons (Fsp3) is 0. The number of rotatable bonds is 0. The van der Waals surface area contributed by atoms with Gasteiger partial charge in [-0.1, -0.05) is 10.3 Å². The largest absolute Gasteiger partial charge is 0.365 e. The fourth-order valence-electron chi connectivity index (χ4n) is 0.0850. The highest BCUT2D eigenvalue weighted by atomic mass is 15.4. The average Bonchev–Trinajstić information content (AvgIpc) is 1.68. The number of guanidine groups is 1. The first-order valence-corrected chi connectivity index (χ1v) is 1.45. The SMILES string of the molecule is NN=NC(N)=NN. The molecule has 0 bridgehead atoms. The van der Waals surface area contributed by atoms with Crippen LogP contribution >= 0.6 is 0 Å². The van der Waals surface area contributed by atoms with E-state index in [4.69, 9.17) is 5.73 Å². The first kappa shape index (κ1) is 5.67. The second kappa shape index (κ2) is 2.88. The van der Waals surface area contributed by atoms with Crippen molar-refractivity contribution in [1.82, 2.24) is 0 Å². The van der Waals surface area contributed by atoms with Crippen molar-refractivity contribution < 1.29 is 0 Å². The van der Waals surface area contributed by atoms with Crippen LogP contribution in [0.25, 0.3) is 0 Å². The smallest absolute Gasteiger partial charge is 0.258 e. The summed E-state index contributed by atoms with van der Waals surface area (Å²) in [5.41, 5.74) is 4.87. The van der Waals surface area contributed by atoms with Gasteiger partial charge in [0.25, 0.3) is 5.96 Å². The standard InChI is InChI=1S/CH6N6/c2-1(5-3)6-7-4/h3H2,(H4,2,4,5,6). The second-order valence-electron chi connectivity index (χ2n) is 0.703. The van der Waals surface area contributed by atoms with Gasteiger partial charge in [0.1, 0.15) is 0 Å². The third kappa shape index (κ3) is 2.47. The summed E-state index contributed by atoms with van der Waals surface area (Å²) in [5.74, 6) is 9.02. The molecule has 0 aliphatic carbocycles. The summed E-state index contributed by atoms with van der Waals surface area (Å²) in [6.45, 7) is 0. The number of hydrazone groups is 1. The lowest BCUT2D eigenvalue weighted by molar-refractivity contribution is 1.06. The maximum atomic E-state index is 4.87. The van der Waals surface area contributed by atoms with Gasteiger partial charge in [0.05, 0.1) is 0 Å². The van der Waals surface area contributed by atoms with E-state index >= 15 is 0 Å². The van der Waals surface area contributed by atoms with Crippen LogP contribution < -0.4 is 17.4 Å². The van der Waals surface area contributed by atoms with E-state index in [1.54, 1.807) is 0 Å². The summed E-state index contributed by atoms with van der Waals surface area (Å²) in [7, 11) is 0. The van der Waals surface area contributed by atoms with Crippen molar-refractivity contribution in [3.05, 3.63) is 0 Å². The molecule has 0 heterocycles. The highest BCUT2D eigenvalue weighted by molar-refractivity contribution is 5.77. The van der Waals surface area contributed by atoms with E-state index in [-0.39, 0.29) is 5.96 Å². The summed E-state index contributed by atoms with van der Waals surface area (Å²) < 4.78 is 0. The minimum atomic E-state index is -0.137. The van der Waals surface area contributed by atoms with Gasteiger partial charge in [-0.05, 0) is 0 Å². The van der Waals surface area contributed by atoms with Crippen LogP contribution in [0.2, 0.25) is 0 Å². The van der Waals surface area contributed by atoms with Crippen molar-refractivity contribution in [2.24, 2.45) is 32.9 Å². The Kier molecular flexibility index (Phi) is 2.34. The van der Waals surface area contributed by atoms with Gasteiger partial charge in [-0.3, -0.25) is 0 Å². The monoisotopic (exact) mass is 102 g/mol. The highest BCUT2D eigenvalue weighted by Crippen LogP contribution is 1.62. The molecule has 7 heavy (non-hydrogen) atoms. The zero-order valence-corrected chi connectivity index (χ0v) is 3.57. The maximum absolute atomic E-state index is 4.87. The molecule has 0 amide bonds. The molecular weight excluding hydrogens is 96.1 g/mol. The summed E-state index contributed by atoms with van der Waals surface area (Å²) >= 11 is 0. The Labute approximate surface area is 40.0 Å². The van der Waals surface area contributed by atoms with Crippen molar-refractivity contribution in [2.75, 3.05) is 0 Å². The molecule has 0 fully saturated rings. The molecule has 6 N–H and O–H groups in total. The molecular formula is CH6N6. The molecule has 0 rings (SSSR count). The van der Waals surface area contributed by atoms with Gasteiger partial charge in [-0.25, -0.2) is 0 Å². The molecule has 0 aromatic rings. The van der Waals surface area contributed by atoms with Crippen molar-refractivity contribution in [3.8, 4) is 0 Å². The lowest BCUT2D eigenvalue weighted by atomic mass is 11.1. The van der Waals surface area contributed by atoms with Crippen LogP contribution in [-0.2, 0) is 0 Å². The Morgan fingerprint density at radius 3 is 2.00 bits per heavy atom. The molecule has 0 unspecified atom stereocenters. The van der Waals surface area contributed by atoms with Gasteiger partial charge in [-0.2, -0.15) is 0 Å². The van der Waals surface area contributed by atoms with Gasteiger partial charge < -0.3 is 17.4 Å². The van der Waals surface area contributed by atoms with Crippen LogP contribution in [0.5, 0.6) is 0 Å². The number of nitrogens with two attached hydrogens (primary N) is 3. The zero-order valence-electron chi connectivity index (χ0n) is 3.57. The predicted molar refractivity (Wildman–Crippen MR) is 24.9 cm³/mol. The van der Waals surface area contributed by atoms with E-state index in [0.717, 1.165) is 0 Å². The van der Waals surface area contributed by atoms with Crippen LogP contribution in [0.1, 0.15) is 0 Å². The average molecular weight is 102 g/mol.